The Balaban J connectivity index is 1.39. The molecule has 3 N–H and O–H groups in total. The van der Waals surface area contributed by atoms with Gasteiger partial charge < -0.3 is 30.5 Å². The van der Waals surface area contributed by atoms with E-state index in [9.17, 15) is 14.4 Å². The summed E-state index contributed by atoms with van der Waals surface area (Å²) in [4.78, 5) is 51.9. The summed E-state index contributed by atoms with van der Waals surface area (Å²) in [6.45, 7) is 8.88. The van der Waals surface area contributed by atoms with Gasteiger partial charge in [0.25, 0.3) is 5.56 Å². The van der Waals surface area contributed by atoms with Crippen molar-refractivity contribution in [1.82, 2.24) is 19.4 Å². The van der Waals surface area contributed by atoms with Crippen LogP contribution in [0.1, 0.15) is 6.92 Å². The van der Waals surface area contributed by atoms with Crippen molar-refractivity contribution in [2.75, 3.05) is 54.1 Å². The van der Waals surface area contributed by atoms with Gasteiger partial charge in [-0.25, -0.2) is 4.98 Å². The average molecular weight is 631 g/mol. The minimum atomic E-state index is -0.511. The molecule has 0 unspecified atom stereocenters. The Bertz CT molecular complexity index is 2020. The summed E-state index contributed by atoms with van der Waals surface area (Å²) >= 11 is 0. The lowest BCUT2D eigenvalue weighted by Gasteiger charge is -2.34. The Morgan fingerprint density at radius 1 is 0.872 bits per heavy atom. The van der Waals surface area contributed by atoms with Crippen LogP contribution < -0.4 is 31.1 Å². The predicted octanol–water partition coefficient (Wildman–Crippen LogP) is 5.15. The maximum Gasteiger partial charge on any atom is 0.299 e. The number of carbonyl (C=O) groups is 2. The van der Waals surface area contributed by atoms with Gasteiger partial charge in [0.15, 0.2) is 17.1 Å². The fourth-order valence-corrected chi connectivity index (χ4v) is 5.28. The Kier molecular flexibility index (Phi) is 8.93. The second-order valence-electron chi connectivity index (χ2n) is 11.1. The van der Waals surface area contributed by atoms with Gasteiger partial charge in [-0.15, -0.1) is 0 Å². The van der Waals surface area contributed by atoms with Gasteiger partial charge in [-0.2, -0.15) is 4.98 Å². The fraction of sp³-hybridized carbons (Fsp3) is 0.171. The highest BCUT2D eigenvalue weighted by atomic mass is 16.5. The molecule has 47 heavy (non-hydrogen) atoms. The average Bonchev–Trinajstić information content (AvgIpc) is 3.06. The molecule has 12 heteroatoms. The van der Waals surface area contributed by atoms with Crippen LogP contribution in [0.25, 0.3) is 16.7 Å². The molecule has 1 saturated heterocycles. The van der Waals surface area contributed by atoms with E-state index in [-0.39, 0.29) is 17.4 Å². The van der Waals surface area contributed by atoms with E-state index in [1.165, 1.54) is 11.5 Å². The van der Waals surface area contributed by atoms with E-state index in [0.717, 1.165) is 43.6 Å². The van der Waals surface area contributed by atoms with Gasteiger partial charge in [-0.3, -0.25) is 19.0 Å². The summed E-state index contributed by atoms with van der Waals surface area (Å²) in [5.41, 5.74) is 3.07. The Morgan fingerprint density at radius 2 is 1.64 bits per heavy atom. The Labute approximate surface area is 271 Å². The van der Waals surface area contributed by atoms with Crippen molar-refractivity contribution in [2.45, 2.75) is 6.92 Å². The third kappa shape index (κ3) is 7.13. The van der Waals surface area contributed by atoms with Crippen molar-refractivity contribution >= 4 is 51.5 Å². The van der Waals surface area contributed by atoms with Gasteiger partial charge in [0, 0.05) is 61.7 Å². The van der Waals surface area contributed by atoms with Crippen LogP contribution >= 0.6 is 0 Å². The molecule has 12 nitrogen and oxygen atoms in total. The number of rotatable bonds is 9. The number of hydrogen-bond acceptors (Lipinski definition) is 9. The number of nitrogens with one attached hydrogen (secondary N) is 3. The van der Waals surface area contributed by atoms with E-state index in [1.807, 2.05) is 12.1 Å². The first kappa shape index (κ1) is 31.0. The highest BCUT2D eigenvalue weighted by Gasteiger charge is 2.18. The molecule has 0 spiro atoms. The standard InChI is InChI=1S/C35H34N8O4/c1-4-32(45)39-29-10-5-6-11-30(29)47-31-20-24-22-36-35(38-25-12-14-27(15-13-25)42-18-16-41(3)17-19-42)40-33(24)43(34(31)46)28-9-7-8-26(21-28)37-23(2)44/h4-15,20-22H,1,16-19H2,2-3H3,(H,37,44)(H,39,45)(H,36,38,40). The molecule has 5 aromatic rings. The maximum atomic E-state index is 14.1. The number of nitrogens with zero attached hydrogens (tertiary/aromatic N) is 5. The smallest absolute Gasteiger partial charge is 0.299 e. The summed E-state index contributed by atoms with van der Waals surface area (Å²) in [7, 11) is 2.13. The Morgan fingerprint density at radius 3 is 2.38 bits per heavy atom. The molecule has 1 aliphatic rings. The largest absolute Gasteiger partial charge is 0.449 e. The zero-order valence-electron chi connectivity index (χ0n) is 26.1. The molecule has 6 rings (SSSR count). The van der Waals surface area contributed by atoms with E-state index in [2.05, 4.69) is 56.5 Å². The third-order valence-corrected chi connectivity index (χ3v) is 7.68. The monoisotopic (exact) mass is 630 g/mol. The summed E-state index contributed by atoms with van der Waals surface area (Å²) < 4.78 is 7.52. The van der Waals surface area contributed by atoms with Crippen molar-refractivity contribution in [3.8, 4) is 17.2 Å². The van der Waals surface area contributed by atoms with Crippen molar-refractivity contribution in [3.63, 3.8) is 0 Å². The fourth-order valence-electron chi connectivity index (χ4n) is 5.28. The number of pyridine rings is 1. The summed E-state index contributed by atoms with van der Waals surface area (Å²) in [6.07, 6.45) is 2.75. The van der Waals surface area contributed by atoms with E-state index < -0.39 is 11.5 Å². The lowest BCUT2D eigenvalue weighted by atomic mass is 10.2. The molecule has 0 aliphatic carbocycles. The molecule has 0 saturated carbocycles. The van der Waals surface area contributed by atoms with Crippen LogP contribution in [0.15, 0.2) is 103 Å². The number of para-hydroxylation sites is 2. The minimum Gasteiger partial charge on any atom is -0.449 e. The minimum absolute atomic E-state index is 0.0217. The number of ether oxygens (including phenoxy) is 1. The first-order valence-corrected chi connectivity index (χ1v) is 15.1. The van der Waals surface area contributed by atoms with Crippen molar-refractivity contribution in [1.29, 1.82) is 0 Å². The van der Waals surface area contributed by atoms with Gasteiger partial charge in [0.1, 0.15) is 0 Å². The van der Waals surface area contributed by atoms with E-state index in [1.54, 1.807) is 60.8 Å². The van der Waals surface area contributed by atoms with Gasteiger partial charge >= 0.3 is 0 Å². The van der Waals surface area contributed by atoms with Crippen LogP contribution in [0.2, 0.25) is 0 Å². The number of carbonyl (C=O) groups excluding carboxylic acids is 2. The number of benzene rings is 3. The van der Waals surface area contributed by atoms with Gasteiger partial charge in [-0.05, 0) is 73.8 Å². The lowest BCUT2D eigenvalue weighted by molar-refractivity contribution is -0.114. The number of amides is 2. The molecule has 3 heterocycles. The first-order chi connectivity index (χ1) is 22.8. The number of likely N-dealkylation sites (N-methyl/N-ethyl adjacent to an activating group) is 1. The zero-order chi connectivity index (χ0) is 32.9. The van der Waals surface area contributed by atoms with Gasteiger partial charge in [0.05, 0.1) is 11.4 Å². The first-order valence-electron chi connectivity index (χ1n) is 15.1. The lowest BCUT2D eigenvalue weighted by Crippen LogP contribution is -2.44. The molecule has 3 aromatic carbocycles. The quantitative estimate of drug-likeness (QED) is 0.189. The van der Waals surface area contributed by atoms with E-state index >= 15 is 0 Å². The number of hydrogen-bond donors (Lipinski definition) is 3. The summed E-state index contributed by atoms with van der Waals surface area (Å²) in [5, 5.41) is 9.23. The van der Waals surface area contributed by atoms with Crippen LogP contribution in [0.5, 0.6) is 11.5 Å². The SMILES string of the molecule is C=CC(=O)Nc1ccccc1Oc1cc2cnc(Nc3ccc(N4CCN(C)CC4)cc3)nc2n(-c2cccc(NC(C)=O)c2)c1=O. The zero-order valence-corrected chi connectivity index (χ0v) is 26.1. The van der Waals surface area contributed by atoms with Crippen LogP contribution in [-0.2, 0) is 9.59 Å². The molecular weight excluding hydrogens is 596 g/mol. The summed E-state index contributed by atoms with van der Waals surface area (Å²) in [6, 6.07) is 23.3. The molecular formula is C35H34N8O4. The van der Waals surface area contributed by atoms with Crippen LogP contribution in [0.4, 0.5) is 28.7 Å². The number of fused-ring (bicyclic) bond motifs is 1. The number of anilines is 5. The van der Waals surface area contributed by atoms with Gasteiger partial charge in [-0.1, -0.05) is 24.8 Å². The van der Waals surface area contributed by atoms with Crippen molar-refractivity contribution in [3.05, 3.63) is 108 Å². The second-order valence-corrected chi connectivity index (χ2v) is 11.1. The topological polar surface area (TPSA) is 134 Å². The van der Waals surface area contributed by atoms with Crippen molar-refractivity contribution in [2.24, 2.45) is 0 Å². The van der Waals surface area contributed by atoms with E-state index in [4.69, 9.17) is 9.72 Å². The normalized spacial score (nSPS) is 13.2. The molecule has 0 atom stereocenters. The predicted molar refractivity (Wildman–Crippen MR) is 184 cm³/mol. The molecule has 2 amide bonds. The number of aromatic nitrogens is 3. The molecule has 238 valence electrons. The molecule has 1 aliphatic heterocycles. The number of piperazine rings is 1. The van der Waals surface area contributed by atoms with Crippen molar-refractivity contribution < 1.29 is 14.3 Å². The molecule has 2 aromatic heterocycles. The van der Waals surface area contributed by atoms with Crippen LogP contribution in [0, 0.1) is 0 Å². The molecule has 0 radical (unpaired) electrons. The highest BCUT2D eigenvalue weighted by Crippen LogP contribution is 2.30. The van der Waals surface area contributed by atoms with E-state index in [0.29, 0.717) is 34.0 Å². The van der Waals surface area contributed by atoms with Crippen LogP contribution in [-0.4, -0.2) is 64.5 Å². The summed E-state index contributed by atoms with van der Waals surface area (Å²) in [5.74, 6) is -0.137. The highest BCUT2D eigenvalue weighted by molar-refractivity contribution is 6.00. The maximum absolute atomic E-state index is 14.1. The third-order valence-electron chi connectivity index (χ3n) is 7.68. The second kappa shape index (κ2) is 13.5. The van der Waals surface area contributed by atoms with Crippen LogP contribution in [0.3, 0.4) is 0 Å². The Hall–Kier alpha value is -6.01. The molecule has 1 fully saturated rings. The molecule has 0 bridgehead atoms. The van der Waals surface area contributed by atoms with Gasteiger partial charge in [0.2, 0.25) is 17.8 Å².